The van der Waals surface area contributed by atoms with Gasteiger partial charge in [-0.25, -0.2) is 15.0 Å². The highest BCUT2D eigenvalue weighted by Crippen LogP contribution is 2.45. The number of ether oxygens (including phenoxy) is 3. The number of aromatic nitrogens is 5. The normalized spacial score (nSPS) is 16.9. The summed E-state index contributed by atoms with van der Waals surface area (Å²) < 4.78 is 18.9. The zero-order valence-corrected chi connectivity index (χ0v) is 42.6. The molecule has 5 heterocycles. The molecule has 2 aliphatic heterocycles. The lowest BCUT2D eigenvalue weighted by Gasteiger charge is -2.41. The molecule has 0 spiro atoms. The number of nitrogens with one attached hydrogen (secondary N) is 4. The maximum Gasteiger partial charge on any atom is 0.251 e. The summed E-state index contributed by atoms with van der Waals surface area (Å²) in [4.78, 5) is 77.1. The molecule has 2 aromatic carbocycles. The first kappa shape index (κ1) is 51.4. The predicted octanol–water partition coefficient (Wildman–Crippen LogP) is 6.53. The van der Waals surface area contributed by atoms with Crippen LogP contribution in [0.3, 0.4) is 0 Å². The molecule has 0 radical (unpaired) electrons. The van der Waals surface area contributed by atoms with Crippen LogP contribution < -0.4 is 30.9 Å². The van der Waals surface area contributed by atoms with E-state index in [2.05, 4.69) is 54.1 Å². The fourth-order valence-corrected chi connectivity index (χ4v) is 10.6. The molecule has 5 aromatic rings. The number of anilines is 3. The average Bonchev–Trinajstić information content (AvgIpc) is 4.24. The maximum absolute atomic E-state index is 14.0. The van der Waals surface area contributed by atoms with Crippen molar-refractivity contribution >= 4 is 52.4 Å². The Morgan fingerprint density at radius 3 is 2.44 bits per heavy atom. The number of thiazole rings is 1. The van der Waals surface area contributed by atoms with Gasteiger partial charge in [0.25, 0.3) is 5.91 Å². The lowest BCUT2D eigenvalue weighted by Crippen LogP contribution is -2.58. The van der Waals surface area contributed by atoms with Crippen LogP contribution in [0.4, 0.5) is 17.5 Å². The van der Waals surface area contributed by atoms with E-state index in [-0.39, 0.29) is 62.8 Å². The van der Waals surface area contributed by atoms with Gasteiger partial charge in [-0.05, 0) is 73.8 Å². The van der Waals surface area contributed by atoms with Gasteiger partial charge in [0.05, 0.1) is 66.6 Å². The Morgan fingerprint density at radius 2 is 1.74 bits per heavy atom. The van der Waals surface area contributed by atoms with Crippen LogP contribution in [-0.4, -0.2) is 118 Å². The third-order valence-corrected chi connectivity index (χ3v) is 14.4. The number of carbonyl (C=O) groups excluding carboxylic acids is 4. The molecule has 3 aromatic heterocycles. The summed E-state index contributed by atoms with van der Waals surface area (Å²) in [6, 6.07) is 14.0. The van der Waals surface area contributed by atoms with Crippen molar-refractivity contribution in [1.29, 1.82) is 5.26 Å². The Balaban J connectivity index is 0.762. The minimum absolute atomic E-state index is 0.0587. The Morgan fingerprint density at radius 1 is 0.958 bits per heavy atom. The molecule has 4 amide bonds. The Kier molecular flexibility index (Phi) is 16.5. The number of rotatable bonds is 20. The molecular formula is C52H64N12O7S. The first-order valence-electron chi connectivity index (χ1n) is 24.7. The second kappa shape index (κ2) is 23.1. The van der Waals surface area contributed by atoms with Gasteiger partial charge in [-0.15, -0.1) is 11.3 Å². The Bertz CT molecular complexity index is 2780. The zero-order chi connectivity index (χ0) is 50.9. The molecule has 4 N–H and O–H groups in total. The van der Waals surface area contributed by atoms with E-state index in [9.17, 15) is 24.4 Å². The number of amides is 4. The van der Waals surface area contributed by atoms with Gasteiger partial charge in [-0.3, -0.25) is 23.7 Å². The molecule has 0 unspecified atom stereocenters. The van der Waals surface area contributed by atoms with Gasteiger partial charge >= 0.3 is 0 Å². The van der Waals surface area contributed by atoms with Gasteiger partial charge in [0.1, 0.15) is 42.5 Å². The predicted molar refractivity (Wildman–Crippen MR) is 272 cm³/mol. The highest BCUT2D eigenvalue weighted by molar-refractivity contribution is 7.13. The van der Waals surface area contributed by atoms with E-state index in [1.165, 1.54) is 7.11 Å². The third kappa shape index (κ3) is 11.5. The van der Waals surface area contributed by atoms with Crippen LogP contribution in [-0.2, 0) is 30.4 Å². The molecule has 0 bridgehead atoms. The van der Waals surface area contributed by atoms with Gasteiger partial charge in [0.15, 0.2) is 11.5 Å². The van der Waals surface area contributed by atoms with Gasteiger partial charge in [0.2, 0.25) is 23.7 Å². The zero-order valence-electron chi connectivity index (χ0n) is 41.8. The van der Waals surface area contributed by atoms with E-state index in [1.54, 1.807) is 47.0 Å². The summed E-state index contributed by atoms with van der Waals surface area (Å²) >= 11 is 1.59. The molecule has 3 aliphatic rings. The highest BCUT2D eigenvalue weighted by Gasteiger charge is 2.42. The molecule has 1 saturated heterocycles. The molecular weight excluding hydrogens is 937 g/mol. The van der Waals surface area contributed by atoms with E-state index in [4.69, 9.17) is 19.2 Å². The van der Waals surface area contributed by atoms with Crippen LogP contribution in [0.5, 0.6) is 5.75 Å². The summed E-state index contributed by atoms with van der Waals surface area (Å²) in [7, 11) is 1.53. The number of hydrogen-bond donors (Lipinski definition) is 4. The van der Waals surface area contributed by atoms with Crippen LogP contribution in [0.1, 0.15) is 112 Å². The number of imidazole rings is 1. The first-order valence-corrected chi connectivity index (χ1v) is 25.6. The highest BCUT2D eigenvalue weighted by atomic mass is 32.1. The summed E-state index contributed by atoms with van der Waals surface area (Å²) in [5.41, 5.74) is 7.20. The molecule has 2 fully saturated rings. The lowest BCUT2D eigenvalue weighted by molar-refractivity contribution is -0.144. The summed E-state index contributed by atoms with van der Waals surface area (Å²) in [5.74, 6) is 0.256. The number of methoxy groups -OCH3 is 1. The van der Waals surface area contributed by atoms with Crippen molar-refractivity contribution in [2.24, 2.45) is 5.41 Å². The van der Waals surface area contributed by atoms with Crippen molar-refractivity contribution in [3.63, 3.8) is 0 Å². The number of aryl methyl sites for hydroxylation is 1. The second-order valence-electron chi connectivity index (χ2n) is 19.3. The van der Waals surface area contributed by atoms with Crippen molar-refractivity contribution in [3.05, 3.63) is 88.7 Å². The topological polar surface area (TPSA) is 231 Å². The van der Waals surface area contributed by atoms with Crippen molar-refractivity contribution in [2.75, 3.05) is 56.8 Å². The lowest BCUT2D eigenvalue weighted by atomic mass is 9.85. The number of nitrogens with zero attached hydrogens (tertiary/aromatic N) is 8. The second-order valence-corrected chi connectivity index (χ2v) is 20.2. The molecule has 3 atom stereocenters. The first-order chi connectivity index (χ1) is 34.8. The summed E-state index contributed by atoms with van der Waals surface area (Å²) in [6.45, 7) is 10.9. The molecule has 1 saturated carbocycles. The third-order valence-electron chi connectivity index (χ3n) is 13.5. The fourth-order valence-electron chi connectivity index (χ4n) is 9.78. The molecule has 20 heteroatoms. The van der Waals surface area contributed by atoms with Crippen molar-refractivity contribution in [1.82, 2.24) is 45.4 Å². The van der Waals surface area contributed by atoms with Crippen LogP contribution in [0, 0.1) is 23.7 Å². The number of fused-ring (bicyclic) bond motifs is 3. The van der Waals surface area contributed by atoms with Gasteiger partial charge in [-0.1, -0.05) is 64.8 Å². The van der Waals surface area contributed by atoms with E-state index >= 15 is 0 Å². The van der Waals surface area contributed by atoms with Crippen LogP contribution in [0.2, 0.25) is 0 Å². The van der Waals surface area contributed by atoms with E-state index < -0.39 is 23.4 Å². The number of benzene rings is 2. The SMILES string of the molecule is CC[C@@H]1c2c(C#N)ncn2-c2cnc(Nc3ccc(C(=O)NCCOCCOCC(=O)N[C@H](C(=O)N4CCC[C@H]4C(=O)NCc4ccc(-c5scnc5C)cc4)C(C)(C)C)cc3OC)nc2N1C1CCCC1. The van der Waals surface area contributed by atoms with E-state index in [1.807, 2.05) is 62.0 Å². The summed E-state index contributed by atoms with van der Waals surface area (Å²) in [6.07, 6.45) is 9.78. The quantitative estimate of drug-likeness (QED) is 0.0608. The van der Waals surface area contributed by atoms with Crippen LogP contribution in [0.25, 0.3) is 16.1 Å². The van der Waals surface area contributed by atoms with Crippen molar-refractivity contribution in [2.45, 2.75) is 110 Å². The van der Waals surface area contributed by atoms with Crippen molar-refractivity contribution < 1.29 is 33.4 Å². The van der Waals surface area contributed by atoms with Crippen molar-refractivity contribution in [3.8, 4) is 27.9 Å². The van der Waals surface area contributed by atoms with E-state index in [0.29, 0.717) is 54.6 Å². The van der Waals surface area contributed by atoms with Crippen LogP contribution >= 0.6 is 11.3 Å². The van der Waals surface area contributed by atoms with Crippen LogP contribution in [0.15, 0.2) is 60.5 Å². The molecule has 72 heavy (non-hydrogen) atoms. The smallest absolute Gasteiger partial charge is 0.251 e. The number of nitriles is 1. The maximum atomic E-state index is 14.0. The fraction of sp³-hybridized carbons (Fsp3) is 0.481. The van der Waals surface area contributed by atoms with Gasteiger partial charge in [0, 0.05) is 31.2 Å². The largest absolute Gasteiger partial charge is 0.495 e. The monoisotopic (exact) mass is 1000 g/mol. The molecule has 380 valence electrons. The minimum Gasteiger partial charge on any atom is -0.495 e. The minimum atomic E-state index is -0.879. The number of hydrogen-bond acceptors (Lipinski definition) is 15. The summed E-state index contributed by atoms with van der Waals surface area (Å²) in [5, 5.41) is 21.9. The molecule has 19 nitrogen and oxygen atoms in total. The number of carbonyl (C=O) groups is 4. The van der Waals surface area contributed by atoms with Gasteiger partial charge < -0.3 is 45.3 Å². The Hall–Kier alpha value is -6.95. The Labute approximate surface area is 424 Å². The molecule has 8 rings (SSSR count). The molecule has 1 aliphatic carbocycles. The van der Waals surface area contributed by atoms with Gasteiger partial charge in [-0.2, -0.15) is 10.2 Å². The number of likely N-dealkylation sites (tertiary alicyclic amines) is 1. The standard InChI is InChI=1S/C52H64N12O7S/c1-7-39-44-38(26-53)57-30-63(44)41-28-56-51(61-47(41)64(39)36-11-8-9-12-36)59-37-19-18-35(25-42(37)69-6)48(66)54-20-22-70-23-24-71-29-43(65)60-46(52(3,4)5)50(68)62-21-10-13-40(62)49(67)55-27-33-14-16-34(17-15-33)45-32(2)58-31-72-45/h14-19,25,28,30-31,36,39-40,46H,7-13,20-24,27,29H2,1-6H3,(H,54,66)(H,55,67)(H,60,65)(H,56,59,61)/t39-,40+,46-/m1/s1. The average molecular weight is 1000 g/mol. The van der Waals surface area contributed by atoms with E-state index in [0.717, 1.165) is 71.0 Å².